The second kappa shape index (κ2) is 18.2. The lowest BCUT2D eigenvalue weighted by Gasteiger charge is -2.47. The van der Waals surface area contributed by atoms with Crippen molar-refractivity contribution in [2.75, 3.05) is 33.5 Å². The van der Waals surface area contributed by atoms with Crippen LogP contribution in [0.5, 0.6) is 0 Å². The van der Waals surface area contributed by atoms with E-state index in [-0.39, 0.29) is 30.5 Å². The average molecular weight is 447 g/mol. The molecule has 6 nitrogen and oxygen atoms in total. The molecule has 1 heterocycles. The molecule has 1 aliphatic rings. The van der Waals surface area contributed by atoms with Gasteiger partial charge in [0.25, 0.3) is 0 Å². The van der Waals surface area contributed by atoms with E-state index in [1.165, 1.54) is 0 Å². The van der Waals surface area contributed by atoms with Gasteiger partial charge in [-0.15, -0.1) is 0 Å². The highest BCUT2D eigenvalue weighted by molar-refractivity contribution is 4.96. The molecule has 1 aliphatic heterocycles. The van der Waals surface area contributed by atoms with E-state index in [0.29, 0.717) is 19.8 Å². The van der Waals surface area contributed by atoms with E-state index in [2.05, 4.69) is 34.6 Å². The maximum absolute atomic E-state index is 6.47. The summed E-state index contributed by atoms with van der Waals surface area (Å²) in [6, 6.07) is 0. The third-order valence-electron chi connectivity index (χ3n) is 5.79. The van der Waals surface area contributed by atoms with Crippen molar-refractivity contribution in [3.8, 4) is 0 Å². The monoisotopic (exact) mass is 446 g/mol. The molecule has 1 fully saturated rings. The highest BCUT2D eigenvalue weighted by Crippen LogP contribution is 2.32. The molecule has 0 unspecified atom stereocenters. The molecule has 0 aliphatic carbocycles. The van der Waals surface area contributed by atoms with Gasteiger partial charge in [0.05, 0.1) is 6.10 Å². The number of methoxy groups -OCH3 is 1. The molecule has 0 spiro atoms. The van der Waals surface area contributed by atoms with Gasteiger partial charge in [-0.2, -0.15) is 0 Å². The van der Waals surface area contributed by atoms with Gasteiger partial charge >= 0.3 is 0 Å². The summed E-state index contributed by atoms with van der Waals surface area (Å²) in [6.45, 7) is 13.6. The predicted octanol–water partition coefficient (Wildman–Crippen LogP) is 5.51. The fraction of sp³-hybridized carbons (Fsp3) is 1.00. The number of ether oxygens (including phenoxy) is 6. The lowest BCUT2D eigenvalue weighted by Crippen LogP contribution is -2.63. The minimum atomic E-state index is -0.497. The zero-order valence-corrected chi connectivity index (χ0v) is 21.1. The van der Waals surface area contributed by atoms with E-state index in [1.54, 1.807) is 7.11 Å². The summed E-state index contributed by atoms with van der Waals surface area (Å²) in [7, 11) is 1.68. The van der Waals surface area contributed by atoms with E-state index in [0.717, 1.165) is 64.4 Å². The van der Waals surface area contributed by atoms with Gasteiger partial charge in [-0.1, -0.05) is 60.3 Å². The Hall–Kier alpha value is -0.240. The summed E-state index contributed by atoms with van der Waals surface area (Å²) in [6.07, 6.45) is 7.64. The van der Waals surface area contributed by atoms with Crippen LogP contribution in [0.25, 0.3) is 0 Å². The highest BCUT2D eigenvalue weighted by atomic mass is 16.7. The Morgan fingerprint density at radius 1 is 0.645 bits per heavy atom. The van der Waals surface area contributed by atoms with Gasteiger partial charge in [-0.25, -0.2) is 0 Å². The molecule has 0 aromatic rings. The fourth-order valence-corrected chi connectivity index (χ4v) is 3.80. The number of unbranched alkanes of at least 4 members (excludes halogenated alkanes) is 4. The topological polar surface area (TPSA) is 55.4 Å². The molecule has 1 rings (SSSR count). The molecule has 0 saturated carbocycles. The van der Waals surface area contributed by atoms with Gasteiger partial charge in [-0.3, -0.25) is 0 Å². The van der Waals surface area contributed by atoms with Crippen LogP contribution in [-0.4, -0.2) is 70.3 Å². The van der Waals surface area contributed by atoms with Crippen molar-refractivity contribution in [2.24, 2.45) is 0 Å². The SMILES string of the molecule is CCCCO[C@H]1[C@H](OCCCC)[C@@H]([C@@H](CC)OCCCC)O[C@H](OC)[C@@H]1OCCCC. The smallest absolute Gasteiger partial charge is 0.186 e. The van der Waals surface area contributed by atoms with Crippen molar-refractivity contribution in [2.45, 2.75) is 129 Å². The lowest BCUT2D eigenvalue weighted by atomic mass is 9.93. The van der Waals surface area contributed by atoms with E-state index < -0.39 is 6.29 Å². The van der Waals surface area contributed by atoms with E-state index in [9.17, 15) is 0 Å². The maximum atomic E-state index is 6.47. The Morgan fingerprint density at radius 3 is 1.61 bits per heavy atom. The third kappa shape index (κ3) is 10.1. The van der Waals surface area contributed by atoms with Gasteiger partial charge in [0.1, 0.15) is 24.4 Å². The zero-order chi connectivity index (χ0) is 22.9. The quantitative estimate of drug-likeness (QED) is 0.244. The number of rotatable bonds is 19. The van der Waals surface area contributed by atoms with Crippen LogP contribution in [0, 0.1) is 0 Å². The summed E-state index contributed by atoms with van der Waals surface area (Å²) in [5.74, 6) is 0. The summed E-state index contributed by atoms with van der Waals surface area (Å²) < 4.78 is 37.6. The highest BCUT2D eigenvalue weighted by Gasteiger charge is 2.50. The normalized spacial score (nSPS) is 27.5. The molecule has 6 heteroatoms. The first-order valence-corrected chi connectivity index (χ1v) is 12.8. The molecule has 31 heavy (non-hydrogen) atoms. The molecule has 6 atom stereocenters. The van der Waals surface area contributed by atoms with Crippen LogP contribution in [-0.2, 0) is 28.4 Å². The van der Waals surface area contributed by atoms with Crippen molar-refractivity contribution in [1.29, 1.82) is 0 Å². The lowest BCUT2D eigenvalue weighted by molar-refractivity contribution is -0.327. The first-order chi connectivity index (χ1) is 15.2. The maximum Gasteiger partial charge on any atom is 0.186 e. The van der Waals surface area contributed by atoms with Crippen molar-refractivity contribution in [3.05, 3.63) is 0 Å². The molecule has 0 bridgehead atoms. The summed E-state index contributed by atoms with van der Waals surface area (Å²) >= 11 is 0. The Bertz CT molecular complexity index is 407. The minimum absolute atomic E-state index is 0.0651. The fourth-order valence-electron chi connectivity index (χ4n) is 3.80. The average Bonchev–Trinajstić information content (AvgIpc) is 2.78. The van der Waals surface area contributed by atoms with Crippen LogP contribution in [0.15, 0.2) is 0 Å². The molecule has 0 amide bonds. The van der Waals surface area contributed by atoms with Crippen LogP contribution >= 0.6 is 0 Å². The van der Waals surface area contributed by atoms with Crippen LogP contribution < -0.4 is 0 Å². The molecule has 186 valence electrons. The van der Waals surface area contributed by atoms with Crippen molar-refractivity contribution >= 4 is 0 Å². The van der Waals surface area contributed by atoms with E-state index in [1.807, 2.05) is 0 Å². The number of hydrogen-bond donors (Lipinski definition) is 0. The predicted molar refractivity (Wildman–Crippen MR) is 125 cm³/mol. The first kappa shape index (κ1) is 28.8. The van der Waals surface area contributed by atoms with Crippen molar-refractivity contribution in [3.63, 3.8) is 0 Å². The van der Waals surface area contributed by atoms with Crippen LogP contribution in [0.2, 0.25) is 0 Å². The number of hydrogen-bond acceptors (Lipinski definition) is 6. The second-order valence-electron chi connectivity index (χ2n) is 8.44. The van der Waals surface area contributed by atoms with Crippen LogP contribution in [0.3, 0.4) is 0 Å². The standard InChI is InChI=1S/C25H50O6/c1-7-12-16-27-20(11-5)21-22(28-17-13-8-2)23(29-18-14-9-3)24(25(26-6)31-21)30-19-15-10-4/h20-25H,7-19H2,1-6H3/t20-,21-,22-,23+,24-,25+/m1/s1. The molecular weight excluding hydrogens is 396 g/mol. The molecule has 1 saturated heterocycles. The molecule has 0 aromatic carbocycles. The van der Waals surface area contributed by atoms with Crippen molar-refractivity contribution in [1.82, 2.24) is 0 Å². The van der Waals surface area contributed by atoms with Crippen molar-refractivity contribution < 1.29 is 28.4 Å². The Balaban J connectivity index is 3.11. The molecular formula is C25H50O6. The van der Waals surface area contributed by atoms with Gasteiger partial charge in [0, 0.05) is 33.5 Å². The van der Waals surface area contributed by atoms with Crippen LogP contribution in [0.1, 0.15) is 92.4 Å². The minimum Gasteiger partial charge on any atom is -0.375 e. The second-order valence-corrected chi connectivity index (χ2v) is 8.44. The molecule has 0 radical (unpaired) electrons. The molecule has 0 aromatic heterocycles. The van der Waals surface area contributed by atoms with E-state index in [4.69, 9.17) is 28.4 Å². The van der Waals surface area contributed by atoms with Gasteiger partial charge in [0.15, 0.2) is 6.29 Å². The summed E-state index contributed by atoms with van der Waals surface area (Å²) in [4.78, 5) is 0. The Kier molecular flexibility index (Phi) is 16.9. The molecule has 0 N–H and O–H groups in total. The Morgan fingerprint density at radius 2 is 1.13 bits per heavy atom. The zero-order valence-electron chi connectivity index (χ0n) is 21.1. The van der Waals surface area contributed by atoms with Gasteiger partial charge < -0.3 is 28.4 Å². The largest absolute Gasteiger partial charge is 0.375 e. The summed E-state index contributed by atoms with van der Waals surface area (Å²) in [5.41, 5.74) is 0. The van der Waals surface area contributed by atoms with Gasteiger partial charge in [-0.05, 0) is 32.1 Å². The summed E-state index contributed by atoms with van der Waals surface area (Å²) in [5, 5.41) is 0. The van der Waals surface area contributed by atoms with E-state index >= 15 is 0 Å². The van der Waals surface area contributed by atoms with Crippen LogP contribution in [0.4, 0.5) is 0 Å². The van der Waals surface area contributed by atoms with Gasteiger partial charge in [0.2, 0.25) is 0 Å². The third-order valence-corrected chi connectivity index (χ3v) is 5.79. The Labute approximate surface area is 191 Å². The first-order valence-electron chi connectivity index (χ1n) is 12.8.